The zero-order valence-corrected chi connectivity index (χ0v) is 11.4. The summed E-state index contributed by atoms with van der Waals surface area (Å²) in [4.78, 5) is 1.31. The Kier molecular flexibility index (Phi) is 6.10. The van der Waals surface area contributed by atoms with Crippen LogP contribution in [-0.4, -0.2) is 18.8 Å². The maximum Gasteiger partial charge on any atom is 0.0684 e. The van der Waals surface area contributed by atoms with Crippen molar-refractivity contribution in [1.82, 2.24) is 5.32 Å². The van der Waals surface area contributed by atoms with Gasteiger partial charge < -0.3 is 5.32 Å². The van der Waals surface area contributed by atoms with Crippen LogP contribution >= 0.6 is 11.8 Å². The van der Waals surface area contributed by atoms with Gasteiger partial charge in [0.2, 0.25) is 0 Å². The highest BCUT2D eigenvalue weighted by atomic mass is 32.2. The first-order valence-electron chi connectivity index (χ1n) is 5.94. The van der Waals surface area contributed by atoms with E-state index in [9.17, 15) is 0 Å². The summed E-state index contributed by atoms with van der Waals surface area (Å²) in [6.45, 7) is 5.86. The van der Waals surface area contributed by atoms with Crippen LogP contribution in [0.15, 0.2) is 35.2 Å². The lowest BCUT2D eigenvalue weighted by Gasteiger charge is -2.14. The maximum absolute atomic E-state index is 8.86. The quantitative estimate of drug-likeness (QED) is 0.594. The van der Waals surface area contributed by atoms with E-state index in [1.165, 1.54) is 4.90 Å². The van der Waals surface area contributed by atoms with E-state index < -0.39 is 0 Å². The van der Waals surface area contributed by atoms with Gasteiger partial charge in [0.15, 0.2) is 0 Å². The number of nitriles is 1. The van der Waals surface area contributed by atoms with E-state index in [1.54, 1.807) is 0 Å². The van der Waals surface area contributed by atoms with Crippen molar-refractivity contribution >= 4 is 11.8 Å². The van der Waals surface area contributed by atoms with E-state index in [-0.39, 0.29) is 5.41 Å². The molecule has 0 fully saturated rings. The average Bonchev–Trinajstić information content (AvgIpc) is 2.35. The minimum Gasteiger partial charge on any atom is -0.316 e. The first kappa shape index (κ1) is 14.1. The zero-order valence-electron chi connectivity index (χ0n) is 10.6. The zero-order chi connectivity index (χ0) is 12.6. The van der Waals surface area contributed by atoms with E-state index >= 15 is 0 Å². The molecule has 92 valence electrons. The summed E-state index contributed by atoms with van der Waals surface area (Å²) in [5.74, 6) is 1.07. The number of hydrogen-bond donors (Lipinski definition) is 1. The molecule has 0 heterocycles. The minimum atomic E-state index is -0.209. The van der Waals surface area contributed by atoms with Crippen molar-refractivity contribution < 1.29 is 0 Å². The smallest absolute Gasteiger partial charge is 0.0684 e. The van der Waals surface area contributed by atoms with Crippen LogP contribution in [0.2, 0.25) is 0 Å². The highest BCUT2D eigenvalue weighted by Crippen LogP contribution is 2.18. The molecule has 0 aliphatic carbocycles. The Morgan fingerprint density at radius 1 is 1.24 bits per heavy atom. The van der Waals surface area contributed by atoms with Crippen molar-refractivity contribution in [2.45, 2.75) is 25.2 Å². The first-order chi connectivity index (χ1) is 8.14. The second-order valence-corrected chi connectivity index (χ2v) is 5.83. The van der Waals surface area contributed by atoms with Crippen LogP contribution in [0.3, 0.4) is 0 Å². The third-order valence-electron chi connectivity index (χ3n) is 2.52. The fraction of sp³-hybridized carbons (Fsp3) is 0.500. The molecule has 1 aromatic carbocycles. The Labute approximate surface area is 108 Å². The van der Waals surface area contributed by atoms with Crippen LogP contribution in [0.4, 0.5) is 0 Å². The van der Waals surface area contributed by atoms with Crippen molar-refractivity contribution in [3.8, 4) is 6.07 Å². The molecular weight excluding hydrogens is 228 g/mol. The van der Waals surface area contributed by atoms with Crippen molar-refractivity contribution in [1.29, 1.82) is 5.26 Å². The van der Waals surface area contributed by atoms with Crippen molar-refractivity contribution in [2.24, 2.45) is 5.41 Å². The monoisotopic (exact) mass is 248 g/mol. The molecular formula is C14H20N2S. The van der Waals surface area contributed by atoms with Gasteiger partial charge in [0.05, 0.1) is 11.5 Å². The Morgan fingerprint density at radius 3 is 2.59 bits per heavy atom. The summed E-state index contributed by atoms with van der Waals surface area (Å²) in [7, 11) is 0. The van der Waals surface area contributed by atoms with Crippen LogP contribution in [-0.2, 0) is 0 Å². The number of benzene rings is 1. The van der Waals surface area contributed by atoms with Gasteiger partial charge in [-0.1, -0.05) is 18.2 Å². The molecule has 0 aliphatic rings. The number of rotatable bonds is 7. The molecule has 2 nitrogen and oxygen atoms in total. The van der Waals surface area contributed by atoms with E-state index in [2.05, 4.69) is 35.7 Å². The normalized spacial score (nSPS) is 11.1. The van der Waals surface area contributed by atoms with Gasteiger partial charge in [-0.15, -0.1) is 11.8 Å². The average molecular weight is 248 g/mol. The summed E-state index contributed by atoms with van der Waals surface area (Å²) in [5, 5.41) is 12.2. The maximum atomic E-state index is 8.86. The van der Waals surface area contributed by atoms with E-state index in [0.717, 1.165) is 25.3 Å². The van der Waals surface area contributed by atoms with Crippen molar-refractivity contribution in [3.63, 3.8) is 0 Å². The molecule has 17 heavy (non-hydrogen) atoms. The van der Waals surface area contributed by atoms with Crippen molar-refractivity contribution in [2.75, 3.05) is 18.8 Å². The second kappa shape index (κ2) is 7.37. The molecule has 0 amide bonds. The lowest BCUT2D eigenvalue weighted by Crippen LogP contribution is -2.23. The van der Waals surface area contributed by atoms with Crippen LogP contribution in [0.25, 0.3) is 0 Å². The fourth-order valence-electron chi connectivity index (χ4n) is 1.34. The lowest BCUT2D eigenvalue weighted by molar-refractivity contribution is 0.437. The highest BCUT2D eigenvalue weighted by molar-refractivity contribution is 7.99. The van der Waals surface area contributed by atoms with Gasteiger partial charge in [-0.3, -0.25) is 0 Å². The van der Waals surface area contributed by atoms with Crippen LogP contribution in [0.5, 0.6) is 0 Å². The summed E-state index contributed by atoms with van der Waals surface area (Å²) in [5.41, 5.74) is -0.209. The molecule has 1 N–H and O–H groups in total. The molecule has 0 saturated carbocycles. The molecule has 0 aliphatic heterocycles. The summed E-state index contributed by atoms with van der Waals surface area (Å²) < 4.78 is 0. The molecule has 0 unspecified atom stereocenters. The number of thioether (sulfide) groups is 1. The predicted octanol–water partition coefficient (Wildman–Crippen LogP) is 3.31. The van der Waals surface area contributed by atoms with Gasteiger partial charge in [-0.05, 0) is 38.9 Å². The Hall–Kier alpha value is -0.980. The van der Waals surface area contributed by atoms with E-state index in [0.29, 0.717) is 0 Å². The Morgan fingerprint density at radius 2 is 1.94 bits per heavy atom. The minimum absolute atomic E-state index is 0.209. The molecule has 0 spiro atoms. The second-order valence-electron chi connectivity index (χ2n) is 4.66. The summed E-state index contributed by atoms with van der Waals surface area (Å²) in [6, 6.07) is 12.7. The predicted molar refractivity (Wildman–Crippen MR) is 74.0 cm³/mol. The van der Waals surface area contributed by atoms with Crippen LogP contribution in [0, 0.1) is 16.7 Å². The molecule has 0 radical (unpaired) electrons. The molecule has 1 rings (SSSR count). The lowest BCUT2D eigenvalue weighted by atomic mass is 9.92. The number of nitrogens with one attached hydrogen (secondary N) is 1. The Bertz CT molecular complexity index is 354. The molecule has 0 bridgehead atoms. The topological polar surface area (TPSA) is 35.8 Å². The summed E-state index contributed by atoms with van der Waals surface area (Å²) >= 11 is 1.86. The molecule has 1 aromatic rings. The Balaban J connectivity index is 2.04. The van der Waals surface area contributed by atoms with Gasteiger partial charge in [-0.2, -0.15) is 5.26 Å². The van der Waals surface area contributed by atoms with E-state index in [4.69, 9.17) is 5.26 Å². The van der Waals surface area contributed by atoms with E-state index in [1.807, 2.05) is 31.7 Å². The van der Waals surface area contributed by atoms with Crippen molar-refractivity contribution in [3.05, 3.63) is 30.3 Å². The third-order valence-corrected chi connectivity index (χ3v) is 3.53. The van der Waals surface area contributed by atoms with Gasteiger partial charge >= 0.3 is 0 Å². The molecule has 0 saturated heterocycles. The first-order valence-corrected chi connectivity index (χ1v) is 6.92. The van der Waals surface area contributed by atoms with Crippen LogP contribution < -0.4 is 5.32 Å². The van der Waals surface area contributed by atoms with Gasteiger partial charge in [0, 0.05) is 17.2 Å². The van der Waals surface area contributed by atoms with Gasteiger partial charge in [0.1, 0.15) is 0 Å². The molecule has 3 heteroatoms. The SMILES string of the molecule is CC(C)(C#N)CCNCCSc1ccccc1. The van der Waals surface area contributed by atoms with Gasteiger partial charge in [-0.25, -0.2) is 0 Å². The fourth-order valence-corrected chi connectivity index (χ4v) is 2.17. The molecule has 0 atom stereocenters. The number of nitrogens with zero attached hydrogens (tertiary/aromatic N) is 1. The third kappa shape index (κ3) is 6.35. The standard InChI is InChI=1S/C14H20N2S/c1-14(2,12-15)8-9-16-10-11-17-13-6-4-3-5-7-13/h3-7,16H,8-11H2,1-2H3. The number of hydrogen-bond acceptors (Lipinski definition) is 3. The largest absolute Gasteiger partial charge is 0.316 e. The van der Waals surface area contributed by atoms with Crippen LogP contribution in [0.1, 0.15) is 20.3 Å². The highest BCUT2D eigenvalue weighted by Gasteiger charge is 2.14. The molecule has 0 aromatic heterocycles. The van der Waals surface area contributed by atoms with Gasteiger partial charge in [0.25, 0.3) is 0 Å². The summed E-state index contributed by atoms with van der Waals surface area (Å²) in [6.07, 6.45) is 0.902.